The minimum atomic E-state index is -0.744. The molecule has 0 aromatic heterocycles. The summed E-state index contributed by atoms with van der Waals surface area (Å²) < 4.78 is 13.5. The number of benzene rings is 1. The van der Waals surface area contributed by atoms with Crippen LogP contribution in [0.15, 0.2) is 22.7 Å². The molecule has 0 fully saturated rings. The minimum absolute atomic E-state index is 0.219. The maximum absolute atomic E-state index is 13.0. The maximum atomic E-state index is 13.0. The zero-order valence-electron chi connectivity index (χ0n) is 9.93. The lowest BCUT2D eigenvalue weighted by Crippen LogP contribution is -2.34. The minimum Gasteiger partial charge on any atom is -0.390 e. The van der Waals surface area contributed by atoms with Gasteiger partial charge in [0.15, 0.2) is 0 Å². The predicted molar refractivity (Wildman–Crippen MR) is 67.9 cm³/mol. The fourth-order valence-corrected chi connectivity index (χ4v) is 2.10. The van der Waals surface area contributed by atoms with Crippen molar-refractivity contribution in [1.29, 1.82) is 0 Å². The van der Waals surface area contributed by atoms with E-state index in [0.29, 0.717) is 10.9 Å². The van der Waals surface area contributed by atoms with Crippen LogP contribution in [-0.4, -0.2) is 10.7 Å². The van der Waals surface area contributed by atoms with Crippen molar-refractivity contribution in [2.24, 2.45) is 5.92 Å². The van der Waals surface area contributed by atoms with Gasteiger partial charge in [-0.25, -0.2) is 4.39 Å². The van der Waals surface area contributed by atoms with E-state index in [1.54, 1.807) is 12.1 Å². The summed E-state index contributed by atoms with van der Waals surface area (Å²) in [5.74, 6) is -0.0525. The fourth-order valence-electron chi connectivity index (χ4n) is 1.68. The topological polar surface area (TPSA) is 20.2 Å². The van der Waals surface area contributed by atoms with Crippen molar-refractivity contribution in [2.75, 3.05) is 0 Å². The average Bonchev–Trinajstić information content (AvgIpc) is 2.22. The van der Waals surface area contributed by atoms with Gasteiger partial charge in [-0.05, 0) is 46.5 Å². The quantitative estimate of drug-likeness (QED) is 0.890. The summed E-state index contributed by atoms with van der Waals surface area (Å²) in [6.45, 7) is 5.91. The van der Waals surface area contributed by atoms with Crippen LogP contribution >= 0.6 is 15.9 Å². The summed E-state index contributed by atoms with van der Waals surface area (Å²) in [5, 5.41) is 10.3. The smallest absolute Gasteiger partial charge is 0.137 e. The van der Waals surface area contributed by atoms with Crippen molar-refractivity contribution in [3.63, 3.8) is 0 Å². The third-order valence-electron chi connectivity index (χ3n) is 3.22. The number of halogens is 2. The summed E-state index contributed by atoms with van der Waals surface area (Å²) in [6.07, 6.45) is 1.47. The average molecular weight is 289 g/mol. The molecule has 1 rings (SSSR count). The van der Waals surface area contributed by atoms with E-state index < -0.39 is 5.60 Å². The molecule has 0 aliphatic heterocycles. The summed E-state index contributed by atoms with van der Waals surface area (Å²) in [4.78, 5) is 0. The van der Waals surface area contributed by atoms with Crippen LogP contribution in [-0.2, 0) is 6.42 Å². The van der Waals surface area contributed by atoms with Gasteiger partial charge in [-0.15, -0.1) is 0 Å². The summed E-state index contributed by atoms with van der Waals surface area (Å²) in [6, 6.07) is 4.87. The van der Waals surface area contributed by atoms with E-state index in [1.807, 2.05) is 13.8 Å². The molecule has 16 heavy (non-hydrogen) atoms. The van der Waals surface area contributed by atoms with E-state index in [1.165, 1.54) is 6.07 Å². The first-order chi connectivity index (χ1) is 7.36. The number of hydrogen-bond acceptors (Lipinski definition) is 1. The number of aliphatic hydroxyl groups is 1. The molecule has 2 atom stereocenters. The number of rotatable bonds is 4. The monoisotopic (exact) mass is 288 g/mol. The molecule has 0 saturated carbocycles. The molecule has 90 valence electrons. The molecule has 1 N–H and O–H groups in total. The normalized spacial score (nSPS) is 16.9. The van der Waals surface area contributed by atoms with E-state index in [0.717, 1.165) is 12.0 Å². The summed E-state index contributed by atoms with van der Waals surface area (Å²) in [5.41, 5.74) is 0.199. The molecule has 0 saturated heterocycles. The zero-order valence-corrected chi connectivity index (χ0v) is 11.5. The van der Waals surface area contributed by atoms with Gasteiger partial charge in [0.2, 0.25) is 0 Å². The highest BCUT2D eigenvalue weighted by Gasteiger charge is 2.27. The van der Waals surface area contributed by atoms with Gasteiger partial charge in [-0.1, -0.05) is 26.3 Å². The van der Waals surface area contributed by atoms with Crippen LogP contribution in [0.1, 0.15) is 32.8 Å². The highest BCUT2D eigenvalue weighted by molar-refractivity contribution is 9.10. The molecule has 0 amide bonds. The van der Waals surface area contributed by atoms with Gasteiger partial charge in [0, 0.05) is 6.42 Å². The first-order valence-electron chi connectivity index (χ1n) is 5.53. The van der Waals surface area contributed by atoms with Crippen molar-refractivity contribution in [3.8, 4) is 0 Å². The Balaban J connectivity index is 2.84. The van der Waals surface area contributed by atoms with E-state index in [4.69, 9.17) is 0 Å². The van der Waals surface area contributed by atoms with Crippen LogP contribution in [0.5, 0.6) is 0 Å². The molecule has 0 spiro atoms. The lowest BCUT2D eigenvalue weighted by Gasteiger charge is -2.29. The Bertz CT molecular complexity index is 363. The van der Waals surface area contributed by atoms with Crippen LogP contribution in [0.2, 0.25) is 0 Å². The Labute approximate surface area is 105 Å². The maximum Gasteiger partial charge on any atom is 0.137 e. The fraction of sp³-hybridized carbons (Fsp3) is 0.538. The Morgan fingerprint density at radius 2 is 2.12 bits per heavy atom. The van der Waals surface area contributed by atoms with Crippen LogP contribution in [0.4, 0.5) is 4.39 Å². The third kappa shape index (κ3) is 3.29. The standard InChI is InChI=1S/C13H18BrFO/c1-4-9(2)13(3,16)8-10-5-6-12(15)11(14)7-10/h5-7,9,16H,4,8H2,1-3H3. The summed E-state index contributed by atoms with van der Waals surface area (Å²) in [7, 11) is 0. The summed E-state index contributed by atoms with van der Waals surface area (Å²) >= 11 is 3.15. The molecule has 3 heteroatoms. The highest BCUT2D eigenvalue weighted by Crippen LogP contribution is 2.26. The largest absolute Gasteiger partial charge is 0.390 e. The lowest BCUT2D eigenvalue weighted by molar-refractivity contribution is 0.00514. The molecule has 1 aromatic carbocycles. The first kappa shape index (κ1) is 13.7. The second kappa shape index (κ2) is 5.28. The van der Waals surface area contributed by atoms with Crippen molar-refractivity contribution in [1.82, 2.24) is 0 Å². The Morgan fingerprint density at radius 3 is 2.62 bits per heavy atom. The molecule has 1 aromatic rings. The second-order valence-electron chi connectivity index (χ2n) is 4.59. The first-order valence-corrected chi connectivity index (χ1v) is 6.32. The SMILES string of the molecule is CCC(C)C(C)(O)Cc1ccc(F)c(Br)c1. The van der Waals surface area contributed by atoms with Crippen molar-refractivity contribution in [2.45, 2.75) is 39.2 Å². The molecule has 0 aliphatic carbocycles. The lowest BCUT2D eigenvalue weighted by atomic mass is 9.83. The Hall–Kier alpha value is -0.410. The Kier molecular flexibility index (Phi) is 4.51. The van der Waals surface area contributed by atoms with Crippen molar-refractivity contribution in [3.05, 3.63) is 34.1 Å². The molecule has 1 nitrogen and oxygen atoms in total. The molecular formula is C13H18BrFO. The van der Waals surface area contributed by atoms with Crippen molar-refractivity contribution >= 4 is 15.9 Å². The van der Waals surface area contributed by atoms with Gasteiger partial charge in [0.1, 0.15) is 5.82 Å². The van der Waals surface area contributed by atoms with Crippen LogP contribution in [0.25, 0.3) is 0 Å². The van der Waals surface area contributed by atoms with E-state index >= 15 is 0 Å². The molecular weight excluding hydrogens is 271 g/mol. The second-order valence-corrected chi connectivity index (χ2v) is 5.45. The highest BCUT2D eigenvalue weighted by atomic mass is 79.9. The van der Waals surface area contributed by atoms with Crippen LogP contribution in [0.3, 0.4) is 0 Å². The van der Waals surface area contributed by atoms with Gasteiger partial charge >= 0.3 is 0 Å². The third-order valence-corrected chi connectivity index (χ3v) is 3.83. The molecule has 0 radical (unpaired) electrons. The van der Waals surface area contributed by atoms with E-state index in [2.05, 4.69) is 22.9 Å². The van der Waals surface area contributed by atoms with Crippen LogP contribution < -0.4 is 0 Å². The Morgan fingerprint density at radius 1 is 1.50 bits per heavy atom. The van der Waals surface area contributed by atoms with Gasteiger partial charge in [-0.2, -0.15) is 0 Å². The van der Waals surface area contributed by atoms with E-state index in [-0.39, 0.29) is 11.7 Å². The zero-order chi connectivity index (χ0) is 12.3. The van der Waals surface area contributed by atoms with Gasteiger partial charge < -0.3 is 5.11 Å². The number of hydrogen-bond donors (Lipinski definition) is 1. The molecule has 0 bridgehead atoms. The van der Waals surface area contributed by atoms with E-state index in [9.17, 15) is 9.50 Å². The van der Waals surface area contributed by atoms with Gasteiger partial charge in [0.25, 0.3) is 0 Å². The molecule has 0 aliphatic rings. The van der Waals surface area contributed by atoms with Gasteiger partial charge in [0.05, 0.1) is 10.1 Å². The van der Waals surface area contributed by atoms with Gasteiger partial charge in [-0.3, -0.25) is 0 Å². The van der Waals surface area contributed by atoms with Crippen LogP contribution in [0, 0.1) is 11.7 Å². The molecule has 0 heterocycles. The molecule has 2 unspecified atom stereocenters. The van der Waals surface area contributed by atoms with Crippen molar-refractivity contribution < 1.29 is 9.50 Å². The predicted octanol–water partition coefficient (Wildman–Crippen LogP) is 3.93.